The lowest BCUT2D eigenvalue weighted by atomic mass is 9.85. The highest BCUT2D eigenvalue weighted by atomic mass is 14.9. The van der Waals surface area contributed by atoms with Crippen LogP contribution in [0.25, 0.3) is 223 Å². The van der Waals surface area contributed by atoms with Crippen molar-refractivity contribution in [3.63, 3.8) is 0 Å². The third-order valence-corrected chi connectivity index (χ3v) is 23.3. The zero-order chi connectivity index (χ0) is 78.6. The highest BCUT2D eigenvalue weighted by Crippen LogP contribution is 2.55. The minimum atomic E-state index is 0.655. The lowest BCUT2D eigenvalue weighted by Crippen LogP contribution is -1.95. The molecule has 0 atom stereocenters. The maximum atomic E-state index is 9.56. The molecule has 0 saturated carbocycles. The highest BCUT2D eigenvalue weighted by Gasteiger charge is 2.28. The molecule has 0 aliphatic heterocycles. The topological polar surface area (TPSA) is 99.1 Å². The molecular formula is C112H68N6. The Kier molecular flexibility index (Phi) is 17.6. The van der Waals surface area contributed by atoms with Crippen LogP contribution >= 0.6 is 0 Å². The first kappa shape index (κ1) is 69.8. The zero-order valence-corrected chi connectivity index (χ0v) is 63.9. The summed E-state index contributed by atoms with van der Waals surface area (Å²) in [6, 6.07) is 150. The molecule has 20 aromatic rings. The summed E-state index contributed by atoms with van der Waals surface area (Å²) < 4.78 is 0. The van der Waals surface area contributed by atoms with Gasteiger partial charge in [-0.05, 0) is 191 Å². The van der Waals surface area contributed by atoms with Crippen molar-refractivity contribution in [3.8, 4) is 202 Å². The van der Waals surface area contributed by atoms with Crippen LogP contribution in [0.15, 0.2) is 413 Å². The first-order chi connectivity index (χ1) is 58.4. The summed E-state index contributed by atoms with van der Waals surface area (Å²) in [7, 11) is 0. The molecular weight excluding hydrogens is 1430 g/mol. The van der Waals surface area contributed by atoms with Crippen molar-refractivity contribution in [3.05, 3.63) is 424 Å². The number of rotatable bonds is 13. The molecule has 0 radical (unpaired) electrons. The fourth-order valence-corrected chi connectivity index (χ4v) is 17.5. The smallest absolute Gasteiger partial charge is 0.160 e. The third-order valence-electron chi connectivity index (χ3n) is 23.3. The summed E-state index contributed by atoms with van der Waals surface area (Å²) in [6.45, 7) is 0. The van der Waals surface area contributed by atoms with Crippen molar-refractivity contribution in [2.24, 2.45) is 0 Å². The molecule has 546 valence electrons. The van der Waals surface area contributed by atoms with Gasteiger partial charge in [0.05, 0.1) is 46.0 Å². The van der Waals surface area contributed by atoms with Crippen LogP contribution in [0.3, 0.4) is 0 Å². The van der Waals surface area contributed by atoms with Crippen molar-refractivity contribution in [2.75, 3.05) is 0 Å². The van der Waals surface area contributed by atoms with E-state index in [0.29, 0.717) is 22.8 Å². The minimum Gasteiger partial charge on any atom is -0.228 e. The van der Waals surface area contributed by atoms with Gasteiger partial charge in [0.25, 0.3) is 0 Å². The van der Waals surface area contributed by atoms with E-state index < -0.39 is 0 Å². The molecule has 0 unspecified atom stereocenters. The first-order valence-electron chi connectivity index (χ1n) is 39.7. The minimum absolute atomic E-state index is 0.655. The molecule has 2 aliphatic carbocycles. The molecule has 2 heterocycles. The van der Waals surface area contributed by atoms with E-state index in [9.17, 15) is 10.5 Å². The second-order valence-corrected chi connectivity index (χ2v) is 30.0. The highest BCUT2D eigenvalue weighted by molar-refractivity contribution is 6.25. The average Bonchev–Trinajstić information content (AvgIpc) is 1.54. The van der Waals surface area contributed by atoms with Crippen molar-refractivity contribution in [2.45, 2.75) is 0 Å². The Morgan fingerprint density at radius 1 is 0.153 bits per heavy atom. The van der Waals surface area contributed by atoms with E-state index in [1.165, 1.54) is 121 Å². The summed E-state index contributed by atoms with van der Waals surface area (Å²) >= 11 is 0. The van der Waals surface area contributed by atoms with Gasteiger partial charge in [-0.25, -0.2) is 19.9 Å². The molecule has 0 fully saturated rings. The summed E-state index contributed by atoms with van der Waals surface area (Å²) in [5.41, 5.74) is 37.4. The number of hydrogen-bond donors (Lipinski definition) is 0. The standard InChI is InChI=1S/C57H35N3.C55H33N3/c58-36-37-15-17-42(18-16-37)47-31-33-51-49-13-7-8-14-50(49)52-34-32-48(55(47)56(51)52)43-27-23-40(24-28-43)38-19-21-39(22-20-38)41-25-29-45(30-26-41)54-35-53(44-9-3-1-4-10-44)59-57(60-54)46-11-5-2-6-12-46;56-34-35-19-21-37(22-20-35)42-28-30-48-45-17-9-10-18-46(45)49-31-32-50(53(42)54(48)49)47-29-27-41(43-15-7-8-16-44(43)47)36-23-25-39(26-24-36)52-33-51(38-11-3-1-4-12-38)57-55(58-52)40-13-5-2-6-14-40/h1-35H;1-33H. The molecule has 0 bridgehead atoms. The molecule has 0 spiro atoms. The van der Waals surface area contributed by atoms with Gasteiger partial charge < -0.3 is 0 Å². The maximum Gasteiger partial charge on any atom is 0.160 e. The monoisotopic (exact) mass is 1500 g/mol. The summed E-state index contributed by atoms with van der Waals surface area (Å²) in [4.78, 5) is 20.0. The van der Waals surface area contributed by atoms with Gasteiger partial charge in [0, 0.05) is 33.4 Å². The molecule has 6 heteroatoms. The van der Waals surface area contributed by atoms with E-state index >= 15 is 0 Å². The van der Waals surface area contributed by atoms with Crippen molar-refractivity contribution < 1.29 is 0 Å². The van der Waals surface area contributed by atoms with Gasteiger partial charge in [-0.1, -0.05) is 376 Å². The summed E-state index contributed by atoms with van der Waals surface area (Å²) in [6.07, 6.45) is 0. The maximum absolute atomic E-state index is 9.56. The van der Waals surface area contributed by atoms with Crippen LogP contribution < -0.4 is 0 Å². The lowest BCUT2D eigenvalue weighted by Gasteiger charge is -2.18. The first-order valence-corrected chi connectivity index (χ1v) is 39.7. The normalized spacial score (nSPS) is 11.4. The van der Waals surface area contributed by atoms with Gasteiger partial charge in [0.1, 0.15) is 0 Å². The second-order valence-electron chi connectivity index (χ2n) is 30.0. The molecule has 0 amide bonds. The van der Waals surface area contributed by atoms with E-state index in [4.69, 9.17) is 19.9 Å². The van der Waals surface area contributed by atoms with Gasteiger partial charge in [-0.15, -0.1) is 0 Å². The SMILES string of the molecule is N#Cc1ccc(-c2ccc3c4c(ccc(-c5ccc(-c6ccc(-c7cc(-c8ccccc8)nc(-c8ccccc8)n7)cc6)c6ccccc56)c24)-c2ccccc2-3)cc1.N#Cc1ccc(-c2ccc3c4c(ccc(-c5ccc(-c6ccc(-c7ccc(-c8cc(-c9ccccc9)nc(-c9ccccc9)n8)cc7)cc6)cc5)c24)-c2ccccc2-3)cc1. The fourth-order valence-electron chi connectivity index (χ4n) is 17.5. The van der Waals surface area contributed by atoms with E-state index in [1.54, 1.807) is 0 Å². The van der Waals surface area contributed by atoms with Crippen LogP contribution in [-0.4, -0.2) is 19.9 Å². The predicted molar refractivity (Wildman–Crippen MR) is 486 cm³/mol. The van der Waals surface area contributed by atoms with Gasteiger partial charge in [0.15, 0.2) is 11.6 Å². The molecule has 2 aliphatic rings. The van der Waals surface area contributed by atoms with Crippen LogP contribution in [0.5, 0.6) is 0 Å². The van der Waals surface area contributed by atoms with Crippen molar-refractivity contribution >= 4 is 32.3 Å². The zero-order valence-electron chi connectivity index (χ0n) is 63.9. The summed E-state index contributed by atoms with van der Waals surface area (Å²) in [5.74, 6) is 1.42. The summed E-state index contributed by atoms with van der Waals surface area (Å²) in [5, 5.41) is 26.5. The Labute approximate surface area is 684 Å². The number of nitriles is 2. The van der Waals surface area contributed by atoms with E-state index in [-0.39, 0.29) is 0 Å². The van der Waals surface area contributed by atoms with E-state index in [0.717, 1.165) is 89.5 Å². The Morgan fingerprint density at radius 2 is 0.364 bits per heavy atom. The fraction of sp³-hybridized carbons (Fsp3) is 0. The number of hydrogen-bond acceptors (Lipinski definition) is 6. The Bertz CT molecular complexity index is 7230. The molecule has 118 heavy (non-hydrogen) atoms. The quantitative estimate of drug-likeness (QED) is 0.114. The van der Waals surface area contributed by atoms with Crippen LogP contribution in [0.4, 0.5) is 0 Å². The average molecular weight is 1500 g/mol. The van der Waals surface area contributed by atoms with Crippen LogP contribution in [0.2, 0.25) is 0 Å². The molecule has 0 N–H and O–H groups in total. The van der Waals surface area contributed by atoms with Crippen molar-refractivity contribution in [1.29, 1.82) is 10.5 Å². The number of benzene rings is 18. The third kappa shape index (κ3) is 12.6. The lowest BCUT2D eigenvalue weighted by molar-refractivity contribution is 1.18. The molecule has 6 nitrogen and oxygen atoms in total. The van der Waals surface area contributed by atoms with E-state index in [2.05, 4.69) is 328 Å². The number of aromatic nitrogens is 4. The Balaban J connectivity index is 0.000000147. The molecule has 2 aromatic heterocycles. The van der Waals surface area contributed by atoms with Crippen LogP contribution in [0, 0.1) is 22.7 Å². The number of nitrogens with zero attached hydrogens (tertiary/aromatic N) is 6. The second kappa shape index (κ2) is 29.8. The van der Waals surface area contributed by atoms with Crippen molar-refractivity contribution in [1.82, 2.24) is 19.9 Å². The molecule has 0 saturated heterocycles. The Hall–Kier alpha value is -16.1. The van der Waals surface area contributed by atoms with Crippen LogP contribution in [-0.2, 0) is 0 Å². The number of fused-ring (bicyclic) bond motifs is 7. The molecule has 18 aromatic carbocycles. The van der Waals surface area contributed by atoms with Gasteiger partial charge in [0.2, 0.25) is 0 Å². The Morgan fingerprint density at radius 3 is 0.695 bits per heavy atom. The van der Waals surface area contributed by atoms with Gasteiger partial charge in [-0.2, -0.15) is 10.5 Å². The molecule has 22 rings (SSSR count). The largest absolute Gasteiger partial charge is 0.228 e. The predicted octanol–water partition coefficient (Wildman–Crippen LogP) is 29.1. The van der Waals surface area contributed by atoms with Gasteiger partial charge in [-0.3, -0.25) is 0 Å². The van der Waals surface area contributed by atoms with Crippen LogP contribution in [0.1, 0.15) is 11.1 Å². The van der Waals surface area contributed by atoms with Gasteiger partial charge >= 0.3 is 0 Å². The van der Waals surface area contributed by atoms with E-state index in [1.807, 2.05) is 97.1 Å².